The van der Waals surface area contributed by atoms with Crippen LogP contribution in [0.15, 0.2) is 47.0 Å². The van der Waals surface area contributed by atoms with Gasteiger partial charge < -0.3 is 19.5 Å². The Hall–Kier alpha value is -2.57. The van der Waals surface area contributed by atoms with Gasteiger partial charge in [0.1, 0.15) is 5.69 Å². The highest BCUT2D eigenvalue weighted by molar-refractivity contribution is 6.31. The molecule has 1 aliphatic heterocycles. The van der Waals surface area contributed by atoms with E-state index in [-0.39, 0.29) is 12.3 Å². The minimum Gasteiger partial charge on any atom is -0.378 e. The predicted molar refractivity (Wildman–Crippen MR) is 101 cm³/mol. The van der Waals surface area contributed by atoms with E-state index in [4.69, 9.17) is 20.9 Å². The second-order valence-electron chi connectivity index (χ2n) is 6.11. The average molecular weight is 372 g/mol. The molecule has 1 fully saturated rings. The van der Waals surface area contributed by atoms with Crippen molar-refractivity contribution in [3.63, 3.8) is 0 Å². The monoisotopic (exact) mass is 371 g/mol. The number of ether oxygens (including phenoxy) is 1. The molecule has 0 atom stereocenters. The van der Waals surface area contributed by atoms with Crippen molar-refractivity contribution in [3.8, 4) is 0 Å². The smallest absolute Gasteiger partial charge is 0.230 e. The second-order valence-corrected chi connectivity index (χ2v) is 6.55. The Kier molecular flexibility index (Phi) is 4.77. The maximum absolute atomic E-state index is 12.6. The summed E-state index contributed by atoms with van der Waals surface area (Å²) >= 11 is 6.14. The third-order valence-electron chi connectivity index (χ3n) is 4.36. The zero-order valence-corrected chi connectivity index (χ0v) is 14.8. The van der Waals surface area contributed by atoms with Crippen molar-refractivity contribution in [3.05, 3.63) is 53.2 Å². The standard InChI is InChI=1S/C19H18ClN3O3/c20-13-5-6-17(23-7-9-25-10-8-23)16(11-13)21-19(24)12-15-14-3-1-2-4-18(14)26-22-15/h1-6,11H,7-10,12H2,(H,21,24). The van der Waals surface area contributed by atoms with Gasteiger partial charge in [-0.1, -0.05) is 28.9 Å². The Morgan fingerprint density at radius 1 is 1.19 bits per heavy atom. The number of anilines is 2. The second kappa shape index (κ2) is 7.35. The van der Waals surface area contributed by atoms with E-state index in [0.717, 1.165) is 24.2 Å². The van der Waals surface area contributed by atoms with Gasteiger partial charge >= 0.3 is 0 Å². The summed E-state index contributed by atoms with van der Waals surface area (Å²) in [6, 6.07) is 13.0. The Bertz CT molecular complexity index is 935. The number of nitrogens with zero attached hydrogens (tertiary/aromatic N) is 2. The van der Waals surface area contributed by atoms with Crippen LogP contribution in [0.3, 0.4) is 0 Å². The number of halogens is 1. The van der Waals surface area contributed by atoms with Gasteiger partial charge in [-0.05, 0) is 30.3 Å². The van der Waals surface area contributed by atoms with Crippen molar-refractivity contribution < 1.29 is 14.1 Å². The van der Waals surface area contributed by atoms with Crippen LogP contribution in [0.4, 0.5) is 11.4 Å². The quantitative estimate of drug-likeness (QED) is 0.760. The molecule has 1 aromatic heterocycles. The van der Waals surface area contributed by atoms with Crippen LogP contribution in [-0.2, 0) is 16.0 Å². The lowest BCUT2D eigenvalue weighted by molar-refractivity contribution is -0.115. The van der Waals surface area contributed by atoms with Crippen LogP contribution in [0.2, 0.25) is 5.02 Å². The van der Waals surface area contributed by atoms with Crippen molar-refractivity contribution in [2.24, 2.45) is 0 Å². The fourth-order valence-electron chi connectivity index (χ4n) is 3.10. The van der Waals surface area contributed by atoms with Gasteiger partial charge in [0.25, 0.3) is 0 Å². The maximum atomic E-state index is 12.6. The lowest BCUT2D eigenvalue weighted by Gasteiger charge is -2.30. The van der Waals surface area contributed by atoms with Crippen LogP contribution < -0.4 is 10.2 Å². The summed E-state index contributed by atoms with van der Waals surface area (Å²) < 4.78 is 10.7. The van der Waals surface area contributed by atoms with E-state index < -0.39 is 0 Å². The predicted octanol–water partition coefficient (Wildman–Crippen LogP) is 3.50. The molecule has 0 radical (unpaired) electrons. The number of fused-ring (bicyclic) bond motifs is 1. The van der Waals surface area contributed by atoms with Crippen molar-refractivity contribution in [2.75, 3.05) is 36.5 Å². The zero-order chi connectivity index (χ0) is 17.9. The number of morpholine rings is 1. The molecule has 0 unspecified atom stereocenters. The molecule has 6 nitrogen and oxygen atoms in total. The van der Waals surface area contributed by atoms with Crippen LogP contribution in [0.1, 0.15) is 5.69 Å². The minimum absolute atomic E-state index is 0.131. The van der Waals surface area contributed by atoms with E-state index in [0.29, 0.717) is 35.2 Å². The molecule has 2 aromatic carbocycles. The molecular weight excluding hydrogens is 354 g/mol. The van der Waals surface area contributed by atoms with E-state index in [9.17, 15) is 4.79 Å². The highest BCUT2D eigenvalue weighted by Crippen LogP contribution is 2.30. The summed E-state index contributed by atoms with van der Waals surface area (Å²) in [5.74, 6) is -0.166. The summed E-state index contributed by atoms with van der Waals surface area (Å²) in [6.07, 6.45) is 0.131. The molecule has 134 valence electrons. The van der Waals surface area contributed by atoms with Crippen LogP contribution >= 0.6 is 11.6 Å². The first-order chi connectivity index (χ1) is 12.7. The molecule has 0 bridgehead atoms. The molecule has 0 aliphatic carbocycles. The summed E-state index contributed by atoms with van der Waals surface area (Å²) in [4.78, 5) is 14.8. The third kappa shape index (κ3) is 3.52. The van der Waals surface area contributed by atoms with Gasteiger partial charge in [-0.15, -0.1) is 0 Å². The number of carbonyl (C=O) groups is 1. The van der Waals surface area contributed by atoms with Gasteiger partial charge in [-0.3, -0.25) is 4.79 Å². The molecule has 1 aliphatic rings. The normalized spacial score (nSPS) is 14.6. The van der Waals surface area contributed by atoms with E-state index in [1.165, 1.54) is 0 Å². The van der Waals surface area contributed by atoms with Gasteiger partial charge in [0.05, 0.1) is 31.0 Å². The molecule has 0 spiro atoms. The van der Waals surface area contributed by atoms with Crippen molar-refractivity contribution in [1.82, 2.24) is 5.16 Å². The molecule has 0 saturated carbocycles. The highest BCUT2D eigenvalue weighted by Gasteiger charge is 2.18. The summed E-state index contributed by atoms with van der Waals surface area (Å²) in [5, 5.41) is 8.40. The Morgan fingerprint density at radius 2 is 2.00 bits per heavy atom. The van der Waals surface area contributed by atoms with Crippen LogP contribution in [-0.4, -0.2) is 37.4 Å². The SMILES string of the molecule is O=C(Cc1noc2ccccc12)Nc1cc(Cl)ccc1N1CCOCC1. The lowest BCUT2D eigenvalue weighted by atomic mass is 10.1. The minimum atomic E-state index is -0.166. The number of para-hydroxylation sites is 1. The number of hydrogen-bond acceptors (Lipinski definition) is 5. The highest BCUT2D eigenvalue weighted by atomic mass is 35.5. The molecule has 1 N–H and O–H groups in total. The fourth-order valence-corrected chi connectivity index (χ4v) is 3.27. The largest absolute Gasteiger partial charge is 0.378 e. The first kappa shape index (κ1) is 16.9. The number of carbonyl (C=O) groups excluding carboxylic acids is 1. The Labute approximate surface area is 155 Å². The molecule has 7 heteroatoms. The van der Waals surface area contributed by atoms with E-state index in [1.807, 2.05) is 36.4 Å². The average Bonchev–Trinajstić information content (AvgIpc) is 3.05. The van der Waals surface area contributed by atoms with Crippen LogP contribution in [0, 0.1) is 0 Å². The van der Waals surface area contributed by atoms with Crippen molar-refractivity contribution in [2.45, 2.75) is 6.42 Å². The Morgan fingerprint density at radius 3 is 2.85 bits per heavy atom. The summed E-state index contributed by atoms with van der Waals surface area (Å²) in [6.45, 7) is 2.89. The van der Waals surface area contributed by atoms with Gasteiger partial charge in [-0.25, -0.2) is 0 Å². The van der Waals surface area contributed by atoms with E-state index in [1.54, 1.807) is 6.07 Å². The Balaban J connectivity index is 1.54. The van der Waals surface area contributed by atoms with Crippen molar-refractivity contribution in [1.29, 1.82) is 0 Å². The van der Waals surface area contributed by atoms with E-state index in [2.05, 4.69) is 15.4 Å². The molecule has 26 heavy (non-hydrogen) atoms. The van der Waals surface area contributed by atoms with Gasteiger partial charge in [-0.2, -0.15) is 0 Å². The lowest BCUT2D eigenvalue weighted by Crippen LogP contribution is -2.36. The first-order valence-electron chi connectivity index (χ1n) is 8.46. The van der Waals surface area contributed by atoms with Crippen LogP contribution in [0.5, 0.6) is 0 Å². The topological polar surface area (TPSA) is 67.6 Å². The maximum Gasteiger partial charge on any atom is 0.230 e. The van der Waals surface area contributed by atoms with Crippen LogP contribution in [0.25, 0.3) is 11.0 Å². The first-order valence-corrected chi connectivity index (χ1v) is 8.84. The van der Waals surface area contributed by atoms with Gasteiger partial charge in [0.2, 0.25) is 5.91 Å². The van der Waals surface area contributed by atoms with Crippen molar-refractivity contribution >= 4 is 39.9 Å². The number of amides is 1. The molecule has 1 saturated heterocycles. The molecule has 3 aromatic rings. The molecular formula is C19H18ClN3O3. The number of nitrogens with one attached hydrogen (secondary N) is 1. The molecule has 2 heterocycles. The number of hydrogen-bond donors (Lipinski definition) is 1. The third-order valence-corrected chi connectivity index (χ3v) is 4.60. The van der Waals surface area contributed by atoms with Gasteiger partial charge in [0.15, 0.2) is 5.58 Å². The molecule has 4 rings (SSSR count). The van der Waals surface area contributed by atoms with Gasteiger partial charge in [0, 0.05) is 23.5 Å². The van der Waals surface area contributed by atoms with E-state index >= 15 is 0 Å². The number of benzene rings is 2. The summed E-state index contributed by atoms with van der Waals surface area (Å²) in [7, 11) is 0. The fraction of sp³-hybridized carbons (Fsp3) is 0.263. The number of rotatable bonds is 4. The number of aromatic nitrogens is 1. The molecule has 1 amide bonds. The zero-order valence-electron chi connectivity index (χ0n) is 14.1. The summed E-state index contributed by atoms with van der Waals surface area (Å²) in [5.41, 5.74) is 2.92.